The summed E-state index contributed by atoms with van der Waals surface area (Å²) < 4.78 is 26.5. The maximum Gasteiger partial charge on any atom is 0.343 e. The van der Waals surface area contributed by atoms with E-state index in [4.69, 9.17) is 23.4 Å². The van der Waals surface area contributed by atoms with Crippen molar-refractivity contribution >= 4 is 57.4 Å². The third kappa shape index (κ3) is 8.35. The number of carboxylic acid groups (broad SMARTS) is 1. The van der Waals surface area contributed by atoms with Gasteiger partial charge < -0.3 is 38.4 Å². The Morgan fingerprint density at radius 1 is 0.780 bits per heavy atom. The molecule has 2 aromatic heterocycles. The van der Waals surface area contributed by atoms with E-state index in [1.54, 1.807) is 41.7 Å². The number of aliphatic carboxylic acids is 1. The number of fused-ring (bicyclic) bond motifs is 2. The van der Waals surface area contributed by atoms with Crippen molar-refractivity contribution in [2.24, 2.45) is 0 Å². The summed E-state index contributed by atoms with van der Waals surface area (Å²) in [5.74, 6) is 2.28. The fourth-order valence-corrected chi connectivity index (χ4v) is 4.98. The van der Waals surface area contributed by atoms with Gasteiger partial charge in [-0.05, 0) is 49.0 Å². The molecule has 0 spiro atoms. The number of benzene rings is 2. The first-order valence-corrected chi connectivity index (χ1v) is 15.5. The lowest BCUT2D eigenvalue weighted by Gasteiger charge is -2.05. The van der Waals surface area contributed by atoms with Crippen molar-refractivity contribution in [3.63, 3.8) is 0 Å². The van der Waals surface area contributed by atoms with Gasteiger partial charge in [0.25, 0.3) is 0 Å². The number of carboxylic acids is 1. The van der Waals surface area contributed by atoms with Crippen LogP contribution >= 0.6 is 23.5 Å². The normalized spacial score (nSPS) is 10.9. The maximum atomic E-state index is 11.2. The van der Waals surface area contributed by atoms with Crippen LogP contribution in [0, 0.1) is 0 Å². The van der Waals surface area contributed by atoms with Gasteiger partial charge in [0.2, 0.25) is 0 Å². The largest absolute Gasteiger partial charge is 0.479 e. The SMILES string of the molecule is COC(=O)COc1cccc2c(CCSC)c(CO)oc12.CSCCc1c(CO)oc2c(OCC(=O)O)cccc12. The van der Waals surface area contributed by atoms with Crippen LogP contribution in [0.1, 0.15) is 22.6 Å². The van der Waals surface area contributed by atoms with Crippen molar-refractivity contribution < 1.29 is 48.0 Å². The average Bonchev–Trinajstić information content (AvgIpc) is 3.54. The number of carbonyl (C=O) groups excluding carboxylic acids is 1. The summed E-state index contributed by atoms with van der Waals surface area (Å²) in [6, 6.07) is 10.8. The van der Waals surface area contributed by atoms with Crippen LogP contribution in [0.4, 0.5) is 0 Å². The summed E-state index contributed by atoms with van der Waals surface area (Å²) in [5.41, 5.74) is 3.00. The number of ether oxygens (including phenoxy) is 3. The monoisotopic (exact) mass is 606 g/mol. The molecular formula is C29H34O10S2. The Bertz CT molecular complexity index is 1440. The van der Waals surface area contributed by atoms with E-state index in [0.29, 0.717) is 34.2 Å². The molecule has 0 fully saturated rings. The molecule has 0 radical (unpaired) electrons. The highest BCUT2D eigenvalue weighted by molar-refractivity contribution is 7.98. The van der Waals surface area contributed by atoms with Crippen molar-refractivity contribution in [3.05, 3.63) is 59.0 Å². The van der Waals surface area contributed by atoms with Gasteiger partial charge in [0, 0.05) is 21.9 Å². The van der Waals surface area contributed by atoms with Gasteiger partial charge in [-0.2, -0.15) is 23.5 Å². The number of hydrogen-bond donors (Lipinski definition) is 3. The zero-order valence-electron chi connectivity index (χ0n) is 23.1. The predicted octanol–water partition coefficient (Wildman–Crippen LogP) is 4.68. The van der Waals surface area contributed by atoms with Crippen LogP contribution < -0.4 is 9.47 Å². The molecule has 0 amide bonds. The molecule has 0 atom stereocenters. The Balaban J connectivity index is 0.000000226. The van der Waals surface area contributed by atoms with Crippen molar-refractivity contribution in [3.8, 4) is 11.5 Å². The number of para-hydroxylation sites is 2. The number of thioether (sulfide) groups is 2. The topological polar surface area (TPSA) is 149 Å². The second-order valence-electron chi connectivity index (χ2n) is 8.62. The molecule has 2 heterocycles. The van der Waals surface area contributed by atoms with Crippen LogP contribution in [0.2, 0.25) is 0 Å². The molecule has 222 valence electrons. The second kappa shape index (κ2) is 16.2. The summed E-state index contributed by atoms with van der Waals surface area (Å²) >= 11 is 3.45. The van der Waals surface area contributed by atoms with Crippen LogP contribution in [-0.2, 0) is 40.4 Å². The van der Waals surface area contributed by atoms with Gasteiger partial charge in [0.1, 0.15) is 24.7 Å². The van der Waals surface area contributed by atoms with E-state index in [2.05, 4.69) is 4.74 Å². The van der Waals surface area contributed by atoms with E-state index in [1.807, 2.05) is 30.7 Å². The quantitative estimate of drug-likeness (QED) is 0.171. The van der Waals surface area contributed by atoms with Crippen LogP contribution in [-0.4, -0.2) is 71.6 Å². The fourth-order valence-electron chi connectivity index (χ4n) is 4.16. The van der Waals surface area contributed by atoms with Crippen molar-refractivity contribution in [2.45, 2.75) is 26.1 Å². The highest BCUT2D eigenvalue weighted by atomic mass is 32.2. The maximum absolute atomic E-state index is 11.2. The van der Waals surface area contributed by atoms with Gasteiger partial charge in [-0.3, -0.25) is 0 Å². The van der Waals surface area contributed by atoms with Crippen molar-refractivity contribution in [1.82, 2.24) is 0 Å². The molecule has 0 bridgehead atoms. The Kier molecular flexibility index (Phi) is 12.7. The van der Waals surface area contributed by atoms with E-state index >= 15 is 0 Å². The van der Waals surface area contributed by atoms with Crippen LogP contribution in [0.5, 0.6) is 11.5 Å². The predicted molar refractivity (Wildman–Crippen MR) is 159 cm³/mol. The summed E-state index contributed by atoms with van der Waals surface area (Å²) in [4.78, 5) is 21.8. The van der Waals surface area contributed by atoms with Crippen LogP contribution in [0.25, 0.3) is 21.9 Å². The molecule has 0 aliphatic rings. The minimum absolute atomic E-state index is 0.158. The molecule has 0 unspecified atom stereocenters. The molecule has 0 saturated carbocycles. The number of aliphatic hydroxyl groups excluding tert-OH is 2. The molecule has 2 aromatic carbocycles. The number of rotatable bonds is 14. The molecule has 3 N–H and O–H groups in total. The van der Waals surface area contributed by atoms with Gasteiger partial charge >= 0.3 is 11.9 Å². The number of esters is 1. The minimum Gasteiger partial charge on any atom is -0.479 e. The molecule has 0 aliphatic heterocycles. The third-order valence-corrected chi connectivity index (χ3v) is 7.28. The zero-order valence-corrected chi connectivity index (χ0v) is 24.8. The average molecular weight is 607 g/mol. The molecule has 0 saturated heterocycles. The minimum atomic E-state index is -1.04. The molecular weight excluding hydrogens is 572 g/mol. The Morgan fingerprint density at radius 2 is 1.24 bits per heavy atom. The number of hydrogen-bond acceptors (Lipinski definition) is 11. The van der Waals surface area contributed by atoms with E-state index in [0.717, 1.165) is 46.2 Å². The first-order valence-electron chi connectivity index (χ1n) is 12.7. The lowest BCUT2D eigenvalue weighted by atomic mass is 10.1. The molecule has 4 aromatic rings. The van der Waals surface area contributed by atoms with E-state index in [9.17, 15) is 19.8 Å². The number of carbonyl (C=O) groups is 2. The summed E-state index contributed by atoms with van der Waals surface area (Å²) in [6.07, 6.45) is 5.64. The van der Waals surface area contributed by atoms with Crippen molar-refractivity contribution in [2.75, 3.05) is 44.3 Å². The van der Waals surface area contributed by atoms with Gasteiger partial charge in [-0.1, -0.05) is 24.3 Å². The lowest BCUT2D eigenvalue weighted by molar-refractivity contribution is -0.143. The number of aryl methyl sites for hydroxylation is 2. The second-order valence-corrected chi connectivity index (χ2v) is 10.6. The van der Waals surface area contributed by atoms with Gasteiger partial charge in [-0.25, -0.2) is 9.59 Å². The molecule has 41 heavy (non-hydrogen) atoms. The Labute approximate surface area is 245 Å². The zero-order chi connectivity index (χ0) is 29.8. The molecule has 10 nitrogen and oxygen atoms in total. The van der Waals surface area contributed by atoms with E-state index < -0.39 is 18.5 Å². The fraction of sp³-hybridized carbons (Fsp3) is 0.379. The smallest absolute Gasteiger partial charge is 0.343 e. The molecule has 0 aliphatic carbocycles. The Hall–Kier alpha value is -3.32. The van der Waals surface area contributed by atoms with Crippen LogP contribution in [0.15, 0.2) is 45.2 Å². The summed E-state index contributed by atoms with van der Waals surface area (Å²) in [7, 11) is 1.31. The van der Waals surface area contributed by atoms with E-state index in [-0.39, 0.29) is 19.8 Å². The van der Waals surface area contributed by atoms with Gasteiger partial charge in [-0.15, -0.1) is 0 Å². The Morgan fingerprint density at radius 3 is 1.63 bits per heavy atom. The summed E-state index contributed by atoms with van der Waals surface area (Å²) in [5, 5.41) is 29.3. The number of furan rings is 2. The first kappa shape index (κ1) is 32.2. The van der Waals surface area contributed by atoms with Crippen molar-refractivity contribution in [1.29, 1.82) is 0 Å². The summed E-state index contributed by atoms with van der Waals surface area (Å²) in [6.45, 7) is -0.940. The molecule has 12 heteroatoms. The third-order valence-electron chi connectivity index (χ3n) is 6.06. The lowest BCUT2D eigenvalue weighted by Crippen LogP contribution is -2.12. The first-order chi connectivity index (χ1) is 19.9. The highest BCUT2D eigenvalue weighted by Crippen LogP contribution is 2.35. The van der Waals surface area contributed by atoms with E-state index in [1.165, 1.54) is 7.11 Å². The molecule has 4 rings (SSSR count). The van der Waals surface area contributed by atoms with Gasteiger partial charge in [0.15, 0.2) is 35.9 Å². The number of aliphatic hydroxyl groups is 2. The van der Waals surface area contributed by atoms with Crippen LogP contribution in [0.3, 0.4) is 0 Å². The standard InChI is InChI=1S/C15H18O5S.C14H16O5S/c1-18-14(17)9-19-12-5-3-4-11-10(6-7-21-2)13(8-16)20-15(11)12;1-20-6-5-9-10-3-2-4-11(18-8-13(16)17)14(10)19-12(9)7-15/h3-5,16H,6-9H2,1-2H3;2-4,15H,5-8H2,1H3,(H,16,17). The number of methoxy groups -OCH3 is 1. The highest BCUT2D eigenvalue weighted by Gasteiger charge is 2.18. The van der Waals surface area contributed by atoms with Gasteiger partial charge in [0.05, 0.1) is 7.11 Å².